The summed E-state index contributed by atoms with van der Waals surface area (Å²) in [5.41, 5.74) is 0.108. The Bertz CT molecular complexity index is 669. The average molecular weight is 423 g/mol. The SMILES string of the molecule is O/N=C/c1cc(Br)cnc1F.O=Cc1cc(Br)cnc1F. The van der Waals surface area contributed by atoms with E-state index in [2.05, 4.69) is 47.0 Å². The van der Waals surface area contributed by atoms with E-state index in [1.165, 1.54) is 24.5 Å². The molecule has 2 aromatic heterocycles. The number of aldehydes is 1. The Hall–Kier alpha value is -1.74. The molecule has 0 bridgehead atoms. The van der Waals surface area contributed by atoms with E-state index in [-0.39, 0.29) is 11.1 Å². The minimum absolute atomic E-state index is 0.0330. The maximum Gasteiger partial charge on any atom is 0.223 e. The Morgan fingerprint density at radius 3 is 1.95 bits per heavy atom. The lowest BCUT2D eigenvalue weighted by Gasteiger charge is -1.93. The quantitative estimate of drug-likeness (QED) is 0.264. The van der Waals surface area contributed by atoms with Crippen molar-refractivity contribution in [2.24, 2.45) is 5.16 Å². The van der Waals surface area contributed by atoms with Crippen LogP contribution >= 0.6 is 31.9 Å². The highest BCUT2D eigenvalue weighted by Crippen LogP contribution is 2.11. The van der Waals surface area contributed by atoms with Gasteiger partial charge in [-0.3, -0.25) is 4.79 Å². The number of hydrogen-bond acceptors (Lipinski definition) is 5. The maximum absolute atomic E-state index is 12.6. The summed E-state index contributed by atoms with van der Waals surface area (Å²) in [6.07, 6.45) is 4.02. The van der Waals surface area contributed by atoms with Gasteiger partial charge in [-0.1, -0.05) is 5.16 Å². The van der Waals surface area contributed by atoms with Gasteiger partial charge in [0.2, 0.25) is 11.9 Å². The van der Waals surface area contributed by atoms with Crippen LogP contribution in [0.1, 0.15) is 15.9 Å². The Morgan fingerprint density at radius 2 is 1.52 bits per heavy atom. The van der Waals surface area contributed by atoms with Crippen LogP contribution in [-0.4, -0.2) is 27.7 Å². The van der Waals surface area contributed by atoms with Gasteiger partial charge < -0.3 is 5.21 Å². The topological polar surface area (TPSA) is 75.4 Å². The molecule has 5 nitrogen and oxygen atoms in total. The van der Waals surface area contributed by atoms with Crippen molar-refractivity contribution < 1.29 is 18.8 Å². The second-order valence-electron chi connectivity index (χ2n) is 3.43. The van der Waals surface area contributed by atoms with Gasteiger partial charge in [0.1, 0.15) is 0 Å². The first-order valence-electron chi connectivity index (χ1n) is 5.22. The molecule has 0 saturated carbocycles. The fourth-order valence-electron chi connectivity index (χ4n) is 1.11. The fourth-order valence-corrected chi connectivity index (χ4v) is 1.81. The van der Waals surface area contributed by atoms with Crippen molar-refractivity contribution in [2.45, 2.75) is 0 Å². The summed E-state index contributed by atoms with van der Waals surface area (Å²) >= 11 is 6.14. The van der Waals surface area contributed by atoms with Crippen LogP contribution in [-0.2, 0) is 0 Å². The van der Waals surface area contributed by atoms with E-state index >= 15 is 0 Å². The predicted molar refractivity (Wildman–Crippen MR) is 78.6 cm³/mol. The van der Waals surface area contributed by atoms with Gasteiger partial charge in [0.15, 0.2) is 6.29 Å². The monoisotopic (exact) mass is 421 g/mol. The van der Waals surface area contributed by atoms with E-state index < -0.39 is 11.9 Å². The third-order valence-corrected chi connectivity index (χ3v) is 2.86. The van der Waals surface area contributed by atoms with Gasteiger partial charge in [-0.05, 0) is 44.0 Å². The smallest absolute Gasteiger partial charge is 0.223 e. The van der Waals surface area contributed by atoms with Gasteiger partial charge in [-0.15, -0.1) is 0 Å². The van der Waals surface area contributed by atoms with E-state index in [1.807, 2.05) is 0 Å². The summed E-state index contributed by atoms with van der Waals surface area (Å²) < 4.78 is 26.3. The zero-order chi connectivity index (χ0) is 15.8. The molecule has 0 spiro atoms. The summed E-state index contributed by atoms with van der Waals surface area (Å²) in [6, 6.07) is 2.83. The fraction of sp³-hybridized carbons (Fsp3) is 0. The molecule has 0 aliphatic heterocycles. The highest BCUT2D eigenvalue weighted by Gasteiger charge is 2.01. The van der Waals surface area contributed by atoms with Crippen molar-refractivity contribution in [3.63, 3.8) is 0 Å². The number of carbonyl (C=O) groups is 1. The van der Waals surface area contributed by atoms with Crippen LogP contribution in [0.4, 0.5) is 8.78 Å². The van der Waals surface area contributed by atoms with Crippen molar-refractivity contribution in [1.82, 2.24) is 9.97 Å². The molecule has 0 fully saturated rings. The molecule has 2 aromatic rings. The normalized spacial score (nSPS) is 10.1. The Kier molecular flexibility index (Phi) is 7.03. The van der Waals surface area contributed by atoms with Crippen molar-refractivity contribution in [3.8, 4) is 0 Å². The number of rotatable bonds is 2. The molecule has 0 aliphatic carbocycles. The van der Waals surface area contributed by atoms with E-state index in [0.717, 1.165) is 6.21 Å². The molecule has 0 atom stereocenters. The number of hydrogen-bond donors (Lipinski definition) is 1. The summed E-state index contributed by atoms with van der Waals surface area (Å²) in [5, 5.41) is 10.8. The molecule has 0 radical (unpaired) electrons. The largest absolute Gasteiger partial charge is 0.411 e. The summed E-state index contributed by atoms with van der Waals surface area (Å²) in [5.74, 6) is -1.40. The van der Waals surface area contributed by atoms with Gasteiger partial charge in [-0.25, -0.2) is 9.97 Å². The summed E-state index contributed by atoms with van der Waals surface area (Å²) in [4.78, 5) is 16.8. The first-order valence-corrected chi connectivity index (χ1v) is 6.81. The molecule has 0 aliphatic rings. The first-order chi connectivity index (χ1) is 9.97. The van der Waals surface area contributed by atoms with Gasteiger partial charge in [0.05, 0.1) is 17.3 Å². The molecule has 0 unspecified atom stereocenters. The number of pyridine rings is 2. The minimum Gasteiger partial charge on any atom is -0.411 e. The Morgan fingerprint density at radius 1 is 1.05 bits per heavy atom. The van der Waals surface area contributed by atoms with E-state index in [4.69, 9.17) is 5.21 Å². The minimum atomic E-state index is -0.738. The molecule has 1 N–H and O–H groups in total. The van der Waals surface area contributed by atoms with Gasteiger partial charge in [0.25, 0.3) is 0 Å². The first kappa shape index (κ1) is 17.3. The van der Waals surface area contributed by atoms with Crippen LogP contribution in [0.15, 0.2) is 38.6 Å². The van der Waals surface area contributed by atoms with E-state index in [1.54, 1.807) is 0 Å². The zero-order valence-corrected chi connectivity index (χ0v) is 13.3. The van der Waals surface area contributed by atoms with Crippen LogP contribution in [0.3, 0.4) is 0 Å². The Balaban J connectivity index is 0.000000211. The van der Waals surface area contributed by atoms with Crippen molar-refractivity contribution in [1.29, 1.82) is 0 Å². The van der Waals surface area contributed by atoms with Gasteiger partial charge >= 0.3 is 0 Å². The molecule has 0 amide bonds. The zero-order valence-electron chi connectivity index (χ0n) is 10.2. The molecular formula is C12H7Br2F2N3O2. The van der Waals surface area contributed by atoms with Crippen LogP contribution in [0.5, 0.6) is 0 Å². The number of halogens is 4. The molecule has 110 valence electrons. The highest BCUT2D eigenvalue weighted by molar-refractivity contribution is 9.10. The molecular weight excluding hydrogens is 416 g/mol. The van der Waals surface area contributed by atoms with Crippen molar-refractivity contribution in [3.05, 3.63) is 56.5 Å². The number of oxime groups is 1. The predicted octanol–water partition coefficient (Wildman–Crippen LogP) is 3.59. The molecule has 21 heavy (non-hydrogen) atoms. The van der Waals surface area contributed by atoms with Crippen molar-refractivity contribution >= 4 is 44.4 Å². The maximum atomic E-state index is 12.6. The van der Waals surface area contributed by atoms with E-state index in [0.29, 0.717) is 15.2 Å². The lowest BCUT2D eigenvalue weighted by Crippen LogP contribution is -1.91. The third-order valence-electron chi connectivity index (χ3n) is 1.99. The van der Waals surface area contributed by atoms with Crippen LogP contribution in [0.25, 0.3) is 0 Å². The molecule has 2 rings (SSSR count). The molecule has 0 saturated heterocycles. The van der Waals surface area contributed by atoms with Gasteiger partial charge in [-0.2, -0.15) is 8.78 Å². The Labute approximate surface area is 135 Å². The number of aromatic nitrogens is 2. The average Bonchev–Trinajstić information content (AvgIpc) is 2.46. The number of carbonyl (C=O) groups excluding carboxylic acids is 1. The second kappa shape index (κ2) is 8.53. The lowest BCUT2D eigenvalue weighted by atomic mass is 10.3. The van der Waals surface area contributed by atoms with Crippen LogP contribution < -0.4 is 0 Å². The second-order valence-corrected chi connectivity index (χ2v) is 5.26. The van der Waals surface area contributed by atoms with E-state index in [9.17, 15) is 13.6 Å². The van der Waals surface area contributed by atoms with Gasteiger partial charge in [0, 0.05) is 21.3 Å². The number of nitrogens with zero attached hydrogens (tertiary/aromatic N) is 3. The summed E-state index contributed by atoms with van der Waals surface area (Å²) in [7, 11) is 0. The highest BCUT2D eigenvalue weighted by atomic mass is 79.9. The lowest BCUT2D eigenvalue weighted by molar-refractivity contribution is 0.111. The molecule has 2 heterocycles. The van der Waals surface area contributed by atoms with Crippen molar-refractivity contribution in [2.75, 3.05) is 0 Å². The summed E-state index contributed by atoms with van der Waals surface area (Å²) in [6.45, 7) is 0. The molecule has 0 aromatic carbocycles. The van der Waals surface area contributed by atoms with Crippen LogP contribution in [0, 0.1) is 11.9 Å². The third kappa shape index (κ3) is 5.64. The van der Waals surface area contributed by atoms with Crippen LogP contribution in [0.2, 0.25) is 0 Å². The molecule has 9 heteroatoms. The standard InChI is InChI=1S/C6H4BrFN2O.C6H3BrFNO/c7-5-1-4(2-10-11)6(8)9-3-5;7-5-1-4(3-10)6(8)9-2-5/h1-3,11H;1-3H/b10-2+;.